The lowest BCUT2D eigenvalue weighted by Crippen LogP contribution is -1.97. The molecule has 0 fully saturated rings. The molecule has 0 amide bonds. The van der Waals surface area contributed by atoms with Crippen LogP contribution < -0.4 is 0 Å². The van der Waals surface area contributed by atoms with Crippen molar-refractivity contribution < 1.29 is 0 Å². The average Bonchev–Trinajstić information content (AvgIpc) is 3.89. The number of fused-ring (bicyclic) bond motifs is 15. The lowest BCUT2D eigenvalue weighted by Gasteiger charge is -2.12. The Kier molecular flexibility index (Phi) is 4.69. The van der Waals surface area contributed by atoms with E-state index in [0.29, 0.717) is 0 Å². The van der Waals surface area contributed by atoms with Crippen molar-refractivity contribution in [2.45, 2.75) is 0 Å². The zero-order chi connectivity index (χ0) is 31.8. The third-order valence-corrected chi connectivity index (χ3v) is 10.8. The molecule has 0 radical (unpaired) electrons. The van der Waals surface area contributed by atoms with Crippen LogP contribution in [-0.4, -0.2) is 18.5 Å². The van der Waals surface area contributed by atoms with Gasteiger partial charge >= 0.3 is 0 Å². The molecule has 0 aliphatic carbocycles. The Bertz CT molecular complexity index is 3320. The first-order valence-corrected chi connectivity index (χ1v) is 16.8. The molecule has 4 nitrogen and oxygen atoms in total. The minimum absolute atomic E-state index is 0.965. The molecule has 226 valence electrons. The summed E-state index contributed by atoms with van der Waals surface area (Å²) >= 11 is 0. The van der Waals surface area contributed by atoms with Crippen LogP contribution in [-0.2, 0) is 0 Å². The standard InChI is InChI=1S/C45H26N4/c1-2-12-28(13-3-1)47-40-23-21-29(25-35(40)33-17-10-24-46-45(33)47)48-42-30-14-5-4-11-27(30)20-22-32(42)37-26-36-31-15-6-8-18-38(31)49-39-19-9-7-16-34(39)41(43(37)48)44(36)49/h1-26H. The van der Waals surface area contributed by atoms with Crippen LogP contribution in [0.2, 0.25) is 0 Å². The molecule has 5 heterocycles. The number of nitrogens with zero attached hydrogens (tertiary/aromatic N) is 4. The van der Waals surface area contributed by atoms with Gasteiger partial charge in [-0.2, -0.15) is 0 Å². The van der Waals surface area contributed by atoms with Gasteiger partial charge in [0, 0.05) is 66.0 Å². The van der Waals surface area contributed by atoms with Crippen molar-refractivity contribution in [3.63, 3.8) is 0 Å². The lowest BCUT2D eigenvalue weighted by molar-refractivity contribution is 1.13. The molecule has 0 saturated carbocycles. The van der Waals surface area contributed by atoms with Gasteiger partial charge in [0.05, 0.1) is 33.1 Å². The highest BCUT2D eigenvalue weighted by Gasteiger charge is 2.25. The first-order valence-electron chi connectivity index (χ1n) is 16.8. The minimum atomic E-state index is 0.965. The molecular formula is C45H26N4. The fraction of sp³-hybridized carbons (Fsp3) is 0. The number of pyridine rings is 1. The van der Waals surface area contributed by atoms with E-state index in [0.717, 1.165) is 27.9 Å². The van der Waals surface area contributed by atoms with Crippen molar-refractivity contribution in [2.24, 2.45) is 0 Å². The maximum atomic E-state index is 4.90. The second-order valence-corrected chi connectivity index (χ2v) is 13.2. The molecule has 0 atom stereocenters. The van der Waals surface area contributed by atoms with E-state index in [1.54, 1.807) is 0 Å². The molecule has 5 aromatic heterocycles. The monoisotopic (exact) mass is 622 g/mol. The molecule has 12 aromatic rings. The molecular weight excluding hydrogens is 597 g/mol. The predicted octanol–water partition coefficient (Wildman–Crippen LogP) is 11.6. The topological polar surface area (TPSA) is 27.2 Å². The fourth-order valence-corrected chi connectivity index (χ4v) is 8.84. The zero-order valence-corrected chi connectivity index (χ0v) is 26.3. The van der Waals surface area contributed by atoms with Crippen molar-refractivity contribution in [3.8, 4) is 11.4 Å². The summed E-state index contributed by atoms with van der Waals surface area (Å²) in [5.41, 5.74) is 10.6. The molecule has 4 heteroatoms. The molecule has 0 unspecified atom stereocenters. The second-order valence-electron chi connectivity index (χ2n) is 13.2. The van der Waals surface area contributed by atoms with Crippen molar-refractivity contribution in [1.29, 1.82) is 0 Å². The van der Waals surface area contributed by atoms with Crippen LogP contribution in [0.25, 0.3) is 104 Å². The van der Waals surface area contributed by atoms with Gasteiger partial charge in [0.25, 0.3) is 0 Å². The van der Waals surface area contributed by atoms with E-state index in [1.165, 1.54) is 76.1 Å². The zero-order valence-electron chi connectivity index (χ0n) is 26.3. The van der Waals surface area contributed by atoms with Crippen LogP contribution in [0.3, 0.4) is 0 Å². The van der Waals surface area contributed by atoms with Crippen LogP contribution in [0, 0.1) is 0 Å². The highest BCUT2D eigenvalue weighted by Crippen LogP contribution is 2.47. The summed E-state index contributed by atoms with van der Waals surface area (Å²) in [7, 11) is 0. The van der Waals surface area contributed by atoms with E-state index in [-0.39, 0.29) is 0 Å². The van der Waals surface area contributed by atoms with Gasteiger partial charge in [-0.05, 0) is 66.0 Å². The van der Waals surface area contributed by atoms with Crippen molar-refractivity contribution in [1.82, 2.24) is 18.5 Å². The van der Waals surface area contributed by atoms with Crippen molar-refractivity contribution >= 4 is 92.6 Å². The Morgan fingerprint density at radius 3 is 1.96 bits per heavy atom. The number of rotatable bonds is 2. The highest BCUT2D eigenvalue weighted by molar-refractivity contribution is 6.35. The van der Waals surface area contributed by atoms with Crippen LogP contribution in [0.5, 0.6) is 0 Å². The normalized spacial score (nSPS) is 12.5. The minimum Gasteiger partial charge on any atom is -0.308 e. The fourth-order valence-electron chi connectivity index (χ4n) is 8.84. The SMILES string of the molecule is c1ccc(-n2c3ccc(-n4c5c6ccccc6ccc5c5cc6c7ccccc7n7c8ccccc8c(c54)c67)cc3c3cccnc32)cc1. The van der Waals surface area contributed by atoms with E-state index in [9.17, 15) is 0 Å². The maximum Gasteiger partial charge on any atom is 0.145 e. The van der Waals surface area contributed by atoms with Crippen LogP contribution >= 0.6 is 0 Å². The Hall–Kier alpha value is -6.65. The van der Waals surface area contributed by atoms with E-state index in [2.05, 4.69) is 159 Å². The smallest absolute Gasteiger partial charge is 0.145 e. The summed E-state index contributed by atoms with van der Waals surface area (Å²) in [4.78, 5) is 4.90. The Balaban J connectivity index is 1.32. The third-order valence-electron chi connectivity index (χ3n) is 10.8. The number of benzene rings is 7. The quantitative estimate of drug-likeness (QED) is 0.188. The summed E-state index contributed by atoms with van der Waals surface area (Å²) in [6.07, 6.45) is 1.89. The molecule has 12 rings (SSSR count). The number of para-hydroxylation sites is 3. The highest BCUT2D eigenvalue weighted by atomic mass is 15.1. The summed E-state index contributed by atoms with van der Waals surface area (Å²) in [5.74, 6) is 0. The van der Waals surface area contributed by atoms with Crippen molar-refractivity contribution in [2.75, 3.05) is 0 Å². The van der Waals surface area contributed by atoms with E-state index >= 15 is 0 Å². The van der Waals surface area contributed by atoms with Crippen molar-refractivity contribution in [3.05, 3.63) is 158 Å². The molecule has 49 heavy (non-hydrogen) atoms. The first kappa shape index (κ1) is 25.4. The summed E-state index contributed by atoms with van der Waals surface area (Å²) < 4.78 is 7.32. The Labute approximate surface area is 279 Å². The molecule has 0 aliphatic rings. The van der Waals surface area contributed by atoms with Gasteiger partial charge in [0.1, 0.15) is 5.65 Å². The first-order chi connectivity index (χ1) is 24.3. The van der Waals surface area contributed by atoms with Gasteiger partial charge in [-0.1, -0.05) is 91.0 Å². The molecule has 0 aliphatic heterocycles. The number of hydrogen-bond acceptors (Lipinski definition) is 1. The van der Waals surface area contributed by atoms with Gasteiger partial charge in [-0.3, -0.25) is 4.57 Å². The van der Waals surface area contributed by atoms with Gasteiger partial charge in [-0.15, -0.1) is 0 Å². The van der Waals surface area contributed by atoms with E-state index in [4.69, 9.17) is 4.98 Å². The van der Waals surface area contributed by atoms with Gasteiger partial charge in [0.2, 0.25) is 0 Å². The predicted molar refractivity (Wildman–Crippen MR) is 205 cm³/mol. The van der Waals surface area contributed by atoms with Crippen LogP contribution in [0.15, 0.2) is 158 Å². The summed E-state index contributed by atoms with van der Waals surface area (Å²) in [5, 5.41) is 12.5. The van der Waals surface area contributed by atoms with Crippen LogP contribution in [0.4, 0.5) is 0 Å². The molecule has 0 spiro atoms. The summed E-state index contributed by atoms with van der Waals surface area (Å²) in [6, 6.07) is 55.4. The third kappa shape index (κ3) is 3.12. The van der Waals surface area contributed by atoms with E-state index in [1.807, 2.05) is 12.3 Å². The van der Waals surface area contributed by atoms with Gasteiger partial charge < -0.3 is 8.97 Å². The largest absolute Gasteiger partial charge is 0.308 e. The second kappa shape index (κ2) is 9.03. The Morgan fingerprint density at radius 2 is 1.08 bits per heavy atom. The maximum absolute atomic E-state index is 4.90. The lowest BCUT2D eigenvalue weighted by atomic mass is 10.0. The number of aromatic nitrogens is 4. The van der Waals surface area contributed by atoms with Gasteiger partial charge in [0.15, 0.2) is 0 Å². The number of hydrogen-bond donors (Lipinski definition) is 0. The van der Waals surface area contributed by atoms with E-state index < -0.39 is 0 Å². The van der Waals surface area contributed by atoms with Gasteiger partial charge in [-0.25, -0.2) is 4.98 Å². The molecule has 7 aromatic carbocycles. The molecule has 0 saturated heterocycles. The molecule has 0 bridgehead atoms. The average molecular weight is 623 g/mol. The summed E-state index contributed by atoms with van der Waals surface area (Å²) in [6.45, 7) is 0. The van der Waals surface area contributed by atoms with Crippen LogP contribution in [0.1, 0.15) is 0 Å². The molecule has 0 N–H and O–H groups in total. The Morgan fingerprint density at radius 1 is 0.367 bits per heavy atom.